The maximum atomic E-state index is 15.6. The number of aromatic amines is 1. The summed E-state index contributed by atoms with van der Waals surface area (Å²) in [6, 6.07) is -2.34. The van der Waals surface area contributed by atoms with Crippen LogP contribution in [-0.4, -0.2) is 315 Å². The normalized spacial score (nSPS) is 24.8. The lowest BCUT2D eigenvalue weighted by molar-refractivity contribution is -0.142. The quantitative estimate of drug-likeness (QED) is 0.0287. The lowest BCUT2D eigenvalue weighted by Crippen LogP contribution is -2.62. The number of rotatable bonds is 22. The molecule has 22 amide bonds. The Balaban J connectivity index is 1.31. The fraction of sp³-hybridized carbons (Fsp3) is 0.495. The van der Waals surface area contributed by atoms with E-state index in [0.29, 0.717) is 54.7 Å². The SMILES string of the molecule is CC[C@H](C)[C@@H]1NC(=O)[C@H](C)NC(=O)[C@H](Cc2ccc(O)cc2)NC(=O)CNC(=O)[C@@H]2CSSC[C@H]3NC(=O)C[C@H](NC(=O)[C@H](CC(N)=O)NC(=O)[C@H](CSSC[C@@H](C(=O)N[C@@H](Cc4ccccc4)C(=O)N[C@@H](Cc4c[nH]c5ccccc45)C(=O)O)NC(=O)[C@H](C(C)C)NC1=O)NC(=O)[C@H](CO)NC(=O)CNC(=O)[C@H](C(C)C)NC(=O)CNC(=O)[C@H](CC(C)C)NC3=O)C(=O)NC(Cc1ccccc1)C(=O)N[C@@H](C)C(=O)NCC(=O)N2. The van der Waals surface area contributed by atoms with Crippen molar-refractivity contribution in [1.29, 1.82) is 0 Å². The standard InChI is InChI=1S/C97H131N23O26S4/c1-11-50(8)80-96(144)119-79(49(6)7)95(143)117-71(93(141)112-63(32-54-22-16-13-17-23-54)87(135)115-66(97(145)146)34-56-37-99-59-25-19-18-24-58(56)59)46-150-149-45-70-92(140)113-64(35-72(98)123)88(136)114-65-36-73(124)108-69(91(139)110-60(30-47(2)3)83(131)101-41-77(128)118-78(48(4)5)94(142)103-40-75(126)107-67(42-121)90(138)116-70)44-148-147-43-68(109-76(127)38-100-81(129)51(9)104-86(134)62(111-89(65)137)31-53-20-14-12-15-21-53)84(132)102-39-74(125)106-61(33-55-26-28-57(122)29-27-55)85(133)105-52(10)82(130)120-80/h12-29,37,47-52,60-71,78-80,99,121-122H,11,30-36,38-46H2,1-10H3,(H2,98,123)(H,100,129)(H,101,131)(H,102,132)(H,103,142)(H,104,134)(H,105,133)(H,106,125)(H,107,126)(H,108,124)(H,109,127)(H,110,139)(H,111,137)(H,112,141)(H,113,140)(H,114,136)(H,115,135)(H,116,138)(H,117,143)(H,118,128)(H,119,144)(H,120,130)(H,145,146)/t50-,51-,52-,60-,61-,62?,63-,64-,65-,66-,67-,68-,69+,70-,71-,78-,79-,80-/m0/s1. The number of amides is 22. The van der Waals surface area contributed by atoms with Crippen molar-refractivity contribution in [2.45, 2.75) is 223 Å². The van der Waals surface area contributed by atoms with Crippen LogP contribution in [0.3, 0.4) is 0 Å². The van der Waals surface area contributed by atoms with Gasteiger partial charge in [-0.2, -0.15) is 0 Å². The molecule has 814 valence electrons. The largest absolute Gasteiger partial charge is 0.508 e. The first-order chi connectivity index (χ1) is 71.2. The second kappa shape index (κ2) is 59.5. The molecule has 8 rings (SSSR count). The molecular formula is C97H131N23O26S4. The van der Waals surface area contributed by atoms with Crippen LogP contribution in [0.1, 0.15) is 117 Å². The van der Waals surface area contributed by atoms with Crippen molar-refractivity contribution in [3.8, 4) is 5.75 Å². The Kier molecular flexibility index (Phi) is 47.9. The van der Waals surface area contributed by atoms with Crippen LogP contribution in [0.25, 0.3) is 10.9 Å². The molecular weight excluding hydrogens is 2030 g/mol. The first-order valence-electron chi connectivity index (χ1n) is 48.4. The minimum atomic E-state index is -2.32. The molecule has 3 aliphatic heterocycles. The fourth-order valence-corrected chi connectivity index (χ4v) is 20.1. The zero-order valence-electron chi connectivity index (χ0n) is 84.1. The van der Waals surface area contributed by atoms with E-state index in [1.807, 2.05) is 0 Å². The summed E-state index contributed by atoms with van der Waals surface area (Å²) in [6.07, 6.45) is -2.37. The Labute approximate surface area is 879 Å². The first-order valence-corrected chi connectivity index (χ1v) is 53.4. The summed E-state index contributed by atoms with van der Waals surface area (Å²) in [5, 5.41) is 84.2. The molecule has 4 heterocycles. The summed E-state index contributed by atoms with van der Waals surface area (Å²) in [6.45, 7) is 9.93. The van der Waals surface area contributed by atoms with Gasteiger partial charge < -0.3 is 138 Å². The van der Waals surface area contributed by atoms with Gasteiger partial charge in [-0.05, 0) is 84.4 Å². The van der Waals surface area contributed by atoms with E-state index in [0.717, 1.165) is 21.6 Å². The number of nitrogens with two attached hydrogens (primary N) is 1. The van der Waals surface area contributed by atoms with Crippen LogP contribution in [0.5, 0.6) is 5.75 Å². The molecule has 27 N–H and O–H groups in total. The predicted octanol–water partition coefficient (Wildman–Crippen LogP) is -5.56. The topological polar surface area (TPSA) is 748 Å². The molecule has 5 aromatic rings. The molecule has 3 saturated heterocycles. The number of carboxylic acids is 1. The van der Waals surface area contributed by atoms with Crippen molar-refractivity contribution in [1.82, 2.24) is 117 Å². The Hall–Kier alpha value is -14.6. The molecule has 53 heteroatoms. The van der Waals surface area contributed by atoms with Gasteiger partial charge in [-0.3, -0.25) is 105 Å². The summed E-state index contributed by atoms with van der Waals surface area (Å²) in [4.78, 5) is 339. The fourth-order valence-electron chi connectivity index (χ4n) is 15.4. The van der Waals surface area contributed by atoms with Gasteiger partial charge in [-0.25, -0.2) is 4.79 Å². The summed E-state index contributed by atoms with van der Waals surface area (Å²) < 4.78 is 0. The number of H-pyrrole nitrogens is 1. The number of hydrogen-bond donors (Lipinski definition) is 26. The molecule has 150 heavy (non-hydrogen) atoms. The van der Waals surface area contributed by atoms with E-state index in [1.54, 1.807) is 107 Å². The molecule has 4 bridgehead atoms. The number of aliphatic hydroxyl groups is 1. The van der Waals surface area contributed by atoms with Crippen LogP contribution in [0.2, 0.25) is 0 Å². The van der Waals surface area contributed by atoms with E-state index < -0.39 is 337 Å². The van der Waals surface area contributed by atoms with E-state index in [4.69, 9.17) is 5.73 Å². The van der Waals surface area contributed by atoms with Crippen molar-refractivity contribution < 1.29 is 126 Å². The molecule has 4 aromatic carbocycles. The number of aromatic nitrogens is 1. The van der Waals surface area contributed by atoms with E-state index in [1.165, 1.54) is 77.9 Å². The zero-order valence-corrected chi connectivity index (χ0v) is 87.3. The van der Waals surface area contributed by atoms with Crippen LogP contribution >= 0.6 is 43.2 Å². The number of aromatic hydroxyl groups is 1. The van der Waals surface area contributed by atoms with Crippen molar-refractivity contribution >= 4 is 190 Å². The smallest absolute Gasteiger partial charge is 0.326 e. The number of fused-ring (bicyclic) bond motifs is 10. The van der Waals surface area contributed by atoms with Gasteiger partial charge in [0.1, 0.15) is 108 Å². The number of phenolic OH excluding ortho intramolecular Hbond substituents is 1. The van der Waals surface area contributed by atoms with Gasteiger partial charge in [0.15, 0.2) is 0 Å². The van der Waals surface area contributed by atoms with Gasteiger partial charge in [0, 0.05) is 65.8 Å². The van der Waals surface area contributed by atoms with Gasteiger partial charge in [0.25, 0.3) is 0 Å². The Morgan fingerprint density at radius 2 is 0.847 bits per heavy atom. The number of primary amides is 1. The molecule has 49 nitrogen and oxygen atoms in total. The average molecular weight is 2160 g/mol. The monoisotopic (exact) mass is 2160 g/mol. The second-order valence-electron chi connectivity index (χ2n) is 37.2. The number of hydrogen-bond acceptors (Lipinski definition) is 29. The van der Waals surface area contributed by atoms with Gasteiger partial charge >= 0.3 is 5.97 Å². The summed E-state index contributed by atoms with van der Waals surface area (Å²) in [7, 11) is 2.72. The number of nitrogens with one attached hydrogen (secondary N) is 22. The predicted molar refractivity (Wildman–Crippen MR) is 552 cm³/mol. The van der Waals surface area contributed by atoms with Gasteiger partial charge in [-0.15, -0.1) is 0 Å². The van der Waals surface area contributed by atoms with Crippen molar-refractivity contribution in [3.05, 3.63) is 138 Å². The number of carbonyl (C=O) groups is 23. The maximum Gasteiger partial charge on any atom is 0.326 e. The van der Waals surface area contributed by atoms with Crippen LogP contribution in [0.15, 0.2) is 115 Å². The third-order valence-corrected chi connectivity index (χ3v) is 28.8. The lowest BCUT2D eigenvalue weighted by Gasteiger charge is -2.30. The maximum absolute atomic E-state index is 15.6. The van der Waals surface area contributed by atoms with Gasteiger partial charge in [0.05, 0.1) is 45.6 Å². The molecule has 18 atom stereocenters. The third-order valence-electron chi connectivity index (χ3n) is 24.0. The number of carboxylic acid groups (broad SMARTS) is 1. The molecule has 3 aliphatic rings. The average Bonchev–Trinajstić information content (AvgIpc) is 1.63. The van der Waals surface area contributed by atoms with Crippen LogP contribution in [0, 0.1) is 23.7 Å². The van der Waals surface area contributed by atoms with E-state index in [-0.39, 0.29) is 37.9 Å². The van der Waals surface area contributed by atoms with Crippen molar-refractivity contribution in [2.24, 2.45) is 29.4 Å². The van der Waals surface area contributed by atoms with Crippen LogP contribution in [-0.2, 0) is 136 Å². The van der Waals surface area contributed by atoms with E-state index in [2.05, 4.69) is 117 Å². The third kappa shape index (κ3) is 38.8. The molecule has 1 unspecified atom stereocenters. The Morgan fingerprint density at radius 3 is 1.42 bits per heavy atom. The highest BCUT2D eigenvalue weighted by Gasteiger charge is 2.42. The molecule has 3 fully saturated rings. The number of phenols is 1. The minimum absolute atomic E-state index is 0.170. The van der Waals surface area contributed by atoms with Crippen molar-refractivity contribution in [3.63, 3.8) is 0 Å². The van der Waals surface area contributed by atoms with Gasteiger partial charge in [-0.1, -0.05) is 196 Å². The molecule has 0 aliphatic carbocycles. The van der Waals surface area contributed by atoms with E-state index in [9.17, 15) is 87.2 Å². The summed E-state index contributed by atoms with van der Waals surface area (Å²) in [5.74, 6) is -32.8. The lowest BCUT2D eigenvalue weighted by atomic mass is 9.96. The highest BCUT2D eigenvalue weighted by Crippen LogP contribution is 2.28. The number of benzene rings is 4. The molecule has 0 spiro atoms. The minimum Gasteiger partial charge on any atom is -0.508 e. The highest BCUT2D eigenvalue weighted by molar-refractivity contribution is 8.77. The number of para-hydroxylation sites is 1. The molecule has 1 aromatic heterocycles. The number of aliphatic carboxylic acids is 1. The second-order valence-corrected chi connectivity index (χ2v) is 42.3. The Morgan fingerprint density at radius 1 is 0.400 bits per heavy atom. The van der Waals surface area contributed by atoms with Crippen LogP contribution in [0.4, 0.5) is 0 Å². The van der Waals surface area contributed by atoms with Gasteiger partial charge in [0.2, 0.25) is 130 Å². The highest BCUT2D eigenvalue weighted by atomic mass is 33.1. The number of carbonyl (C=O) groups excluding carboxylic acids is 22. The first kappa shape index (κ1) is 121. The number of aliphatic hydroxyl groups excluding tert-OH is 1. The van der Waals surface area contributed by atoms with Crippen LogP contribution < -0.4 is 117 Å². The zero-order chi connectivity index (χ0) is 110. The van der Waals surface area contributed by atoms with E-state index >= 15 is 38.4 Å². The summed E-state index contributed by atoms with van der Waals surface area (Å²) in [5.41, 5.74) is 8.02. The van der Waals surface area contributed by atoms with Crippen molar-refractivity contribution in [2.75, 3.05) is 55.8 Å². The Bertz CT molecular complexity index is 5670. The molecule has 0 radical (unpaired) electrons. The summed E-state index contributed by atoms with van der Waals surface area (Å²) >= 11 is 0. The molecule has 0 saturated carbocycles.